The van der Waals surface area contributed by atoms with Gasteiger partial charge in [0, 0.05) is 25.4 Å². The number of hydrogen-bond donors (Lipinski definition) is 1. The quantitative estimate of drug-likeness (QED) is 0.772. The highest BCUT2D eigenvalue weighted by atomic mass is 79.9. The molecule has 1 atom stereocenters. The molecule has 0 saturated heterocycles. The third kappa shape index (κ3) is 4.66. The summed E-state index contributed by atoms with van der Waals surface area (Å²) in [5.74, 6) is -0.982. The summed E-state index contributed by atoms with van der Waals surface area (Å²) in [7, 11) is 2.04. The van der Waals surface area contributed by atoms with Crippen molar-refractivity contribution < 1.29 is 9.59 Å². The topological polar surface area (TPSA) is 81.2 Å². The van der Waals surface area contributed by atoms with Gasteiger partial charge in [0.1, 0.15) is 5.69 Å². The van der Waals surface area contributed by atoms with Crippen molar-refractivity contribution in [3.63, 3.8) is 0 Å². The number of Topliss-reactive ketones (excluding diaryl/α,β-unsaturated/α-hetero) is 1. The zero-order valence-electron chi connectivity index (χ0n) is 14.9. The Hall–Kier alpha value is -1.21. The molecule has 0 radical (unpaired) electrons. The second-order valence-corrected chi connectivity index (χ2v) is 8.62. The molecule has 1 aliphatic heterocycles. The van der Waals surface area contributed by atoms with E-state index in [0.717, 1.165) is 25.2 Å². The number of amides is 1. The Kier molecular flexibility index (Phi) is 5.86. The SMILES string of the molecule is CN1CCCn2c(Br)nc(C(=O)C[C@@H](CC(C)(C)C)C(N)=O)c2C1. The first-order chi connectivity index (χ1) is 11.1. The van der Waals surface area contributed by atoms with Gasteiger partial charge in [0.05, 0.1) is 5.69 Å². The Bertz CT molecular complexity index is 633. The summed E-state index contributed by atoms with van der Waals surface area (Å²) < 4.78 is 2.74. The minimum absolute atomic E-state index is 0.0636. The van der Waals surface area contributed by atoms with E-state index in [1.807, 2.05) is 27.8 Å². The Balaban J connectivity index is 2.25. The predicted molar refractivity (Wildman–Crippen MR) is 96.6 cm³/mol. The zero-order chi connectivity index (χ0) is 18.1. The fourth-order valence-electron chi connectivity index (χ4n) is 3.23. The van der Waals surface area contributed by atoms with E-state index >= 15 is 0 Å². The van der Waals surface area contributed by atoms with Crippen molar-refractivity contribution in [1.29, 1.82) is 0 Å². The molecule has 24 heavy (non-hydrogen) atoms. The molecular weight excluding hydrogens is 372 g/mol. The van der Waals surface area contributed by atoms with E-state index in [-0.39, 0.29) is 17.6 Å². The lowest BCUT2D eigenvalue weighted by Gasteiger charge is -2.23. The van der Waals surface area contributed by atoms with Crippen LogP contribution in [0.1, 0.15) is 56.2 Å². The van der Waals surface area contributed by atoms with E-state index in [1.165, 1.54) is 0 Å². The van der Waals surface area contributed by atoms with Gasteiger partial charge in [0.25, 0.3) is 0 Å². The van der Waals surface area contributed by atoms with Crippen molar-refractivity contribution in [1.82, 2.24) is 14.5 Å². The number of aromatic nitrogens is 2. The van der Waals surface area contributed by atoms with E-state index in [2.05, 4.69) is 30.4 Å². The van der Waals surface area contributed by atoms with Crippen molar-refractivity contribution in [2.75, 3.05) is 13.6 Å². The fourth-order valence-corrected chi connectivity index (χ4v) is 3.80. The third-order valence-electron chi connectivity index (χ3n) is 4.32. The maximum absolute atomic E-state index is 12.8. The monoisotopic (exact) mass is 398 g/mol. The van der Waals surface area contributed by atoms with Crippen LogP contribution in [0.2, 0.25) is 0 Å². The lowest BCUT2D eigenvalue weighted by Crippen LogP contribution is -2.30. The summed E-state index contributed by atoms with van der Waals surface area (Å²) in [4.78, 5) is 31.2. The van der Waals surface area contributed by atoms with E-state index in [4.69, 9.17) is 5.73 Å². The normalized spacial score (nSPS) is 17.2. The van der Waals surface area contributed by atoms with Crippen LogP contribution in [-0.4, -0.2) is 39.7 Å². The molecular formula is C17H27BrN4O2. The number of imidazole rings is 1. The zero-order valence-corrected chi connectivity index (χ0v) is 16.5. The molecule has 0 saturated carbocycles. The molecule has 0 fully saturated rings. The summed E-state index contributed by atoms with van der Waals surface area (Å²) in [5, 5.41) is 0. The number of hydrogen-bond acceptors (Lipinski definition) is 4. The fraction of sp³-hybridized carbons (Fsp3) is 0.706. The molecule has 134 valence electrons. The largest absolute Gasteiger partial charge is 0.369 e. The lowest BCUT2D eigenvalue weighted by molar-refractivity contribution is -0.122. The smallest absolute Gasteiger partial charge is 0.221 e. The van der Waals surface area contributed by atoms with Gasteiger partial charge in [-0.05, 0) is 47.8 Å². The van der Waals surface area contributed by atoms with Crippen molar-refractivity contribution in [2.45, 2.75) is 53.1 Å². The number of nitrogens with zero attached hydrogens (tertiary/aromatic N) is 3. The highest BCUT2D eigenvalue weighted by molar-refractivity contribution is 9.10. The molecule has 6 nitrogen and oxygen atoms in total. The first-order valence-corrected chi connectivity index (χ1v) is 9.14. The van der Waals surface area contributed by atoms with Crippen molar-refractivity contribution in [3.8, 4) is 0 Å². The van der Waals surface area contributed by atoms with Gasteiger partial charge in [-0.25, -0.2) is 4.98 Å². The minimum atomic E-state index is -0.461. The number of nitrogens with two attached hydrogens (primary N) is 1. The van der Waals surface area contributed by atoms with Crippen LogP contribution in [0, 0.1) is 11.3 Å². The molecule has 7 heteroatoms. The van der Waals surface area contributed by atoms with Crippen LogP contribution in [-0.2, 0) is 17.9 Å². The van der Waals surface area contributed by atoms with Crippen LogP contribution in [0.3, 0.4) is 0 Å². The number of carbonyl (C=O) groups excluding carboxylic acids is 2. The molecule has 2 N–H and O–H groups in total. The van der Waals surface area contributed by atoms with Gasteiger partial charge >= 0.3 is 0 Å². The van der Waals surface area contributed by atoms with Crippen LogP contribution >= 0.6 is 15.9 Å². The molecule has 1 aliphatic rings. The molecule has 2 heterocycles. The second kappa shape index (κ2) is 7.35. The van der Waals surface area contributed by atoms with Gasteiger partial charge in [-0.2, -0.15) is 0 Å². The highest BCUT2D eigenvalue weighted by Crippen LogP contribution is 2.29. The van der Waals surface area contributed by atoms with Gasteiger partial charge in [0.2, 0.25) is 5.91 Å². The van der Waals surface area contributed by atoms with Gasteiger partial charge in [-0.15, -0.1) is 0 Å². The highest BCUT2D eigenvalue weighted by Gasteiger charge is 2.30. The average molecular weight is 399 g/mol. The number of ketones is 1. The number of primary amides is 1. The third-order valence-corrected chi connectivity index (χ3v) is 4.93. The predicted octanol–water partition coefficient (Wildman–Crippen LogP) is 2.59. The summed E-state index contributed by atoms with van der Waals surface area (Å²) in [6.07, 6.45) is 1.72. The molecule has 1 amide bonds. The average Bonchev–Trinajstić information content (AvgIpc) is 2.63. The van der Waals surface area contributed by atoms with E-state index in [1.54, 1.807) is 0 Å². The van der Waals surface area contributed by atoms with Gasteiger partial charge in [-0.1, -0.05) is 20.8 Å². The lowest BCUT2D eigenvalue weighted by atomic mass is 9.82. The van der Waals surface area contributed by atoms with Gasteiger partial charge in [-0.3, -0.25) is 9.59 Å². The molecule has 1 aromatic heterocycles. The minimum Gasteiger partial charge on any atom is -0.369 e. The van der Waals surface area contributed by atoms with Crippen LogP contribution in [0.25, 0.3) is 0 Å². The Labute approximate surface area is 151 Å². The number of fused-ring (bicyclic) bond motifs is 1. The maximum atomic E-state index is 12.8. The molecule has 1 aromatic rings. The Morgan fingerprint density at radius 1 is 1.33 bits per heavy atom. The maximum Gasteiger partial charge on any atom is 0.221 e. The van der Waals surface area contributed by atoms with Gasteiger partial charge in [0.15, 0.2) is 10.5 Å². The number of rotatable bonds is 5. The molecule has 0 bridgehead atoms. The number of carbonyl (C=O) groups is 2. The van der Waals surface area contributed by atoms with E-state index in [9.17, 15) is 9.59 Å². The Morgan fingerprint density at radius 2 is 2.00 bits per heavy atom. The van der Waals surface area contributed by atoms with Crippen LogP contribution < -0.4 is 5.73 Å². The van der Waals surface area contributed by atoms with Crippen LogP contribution in [0.15, 0.2) is 4.73 Å². The van der Waals surface area contributed by atoms with Crippen molar-refractivity contribution in [2.24, 2.45) is 17.1 Å². The first kappa shape index (κ1) is 19.1. The van der Waals surface area contributed by atoms with Crippen molar-refractivity contribution in [3.05, 3.63) is 16.1 Å². The first-order valence-electron chi connectivity index (χ1n) is 8.34. The van der Waals surface area contributed by atoms with Crippen molar-refractivity contribution >= 4 is 27.6 Å². The summed E-state index contributed by atoms with van der Waals surface area (Å²) in [6, 6.07) is 0. The summed E-state index contributed by atoms with van der Waals surface area (Å²) in [6.45, 7) is 8.63. The van der Waals surface area contributed by atoms with E-state index < -0.39 is 11.8 Å². The Morgan fingerprint density at radius 3 is 2.58 bits per heavy atom. The number of halogens is 1. The van der Waals surface area contributed by atoms with E-state index in [0.29, 0.717) is 23.4 Å². The molecule has 0 unspecified atom stereocenters. The summed E-state index contributed by atoms with van der Waals surface area (Å²) in [5.41, 5.74) is 6.85. The molecule has 0 aromatic carbocycles. The standard InChI is InChI=1S/C17H27BrN4O2/c1-17(2,3)9-11(15(19)24)8-13(23)14-12-10-21(4)6-5-7-22(12)16(18)20-14/h11H,5-10H2,1-4H3,(H2,19,24)/t11-/m0/s1. The molecule has 0 spiro atoms. The van der Waals surface area contributed by atoms with Crippen LogP contribution in [0.4, 0.5) is 0 Å². The molecule has 0 aliphatic carbocycles. The molecule has 2 rings (SSSR count). The van der Waals surface area contributed by atoms with Crippen LogP contribution in [0.5, 0.6) is 0 Å². The van der Waals surface area contributed by atoms with Gasteiger partial charge < -0.3 is 15.2 Å². The second-order valence-electron chi connectivity index (χ2n) is 7.91. The summed E-state index contributed by atoms with van der Waals surface area (Å²) >= 11 is 3.46.